The lowest BCUT2D eigenvalue weighted by Gasteiger charge is -2.33. The van der Waals surface area contributed by atoms with Crippen molar-refractivity contribution in [2.24, 2.45) is 17.8 Å². The van der Waals surface area contributed by atoms with Crippen LogP contribution < -0.4 is 0 Å². The highest BCUT2D eigenvalue weighted by Gasteiger charge is 2.53. The summed E-state index contributed by atoms with van der Waals surface area (Å²) in [5.41, 5.74) is -0.960. The molecular formula is C12H20FNO. The molecule has 2 heterocycles. The van der Waals surface area contributed by atoms with E-state index in [0.29, 0.717) is 32.6 Å². The van der Waals surface area contributed by atoms with Crippen molar-refractivity contribution in [1.29, 1.82) is 0 Å². The molecule has 2 atom stereocenters. The van der Waals surface area contributed by atoms with E-state index in [4.69, 9.17) is 4.74 Å². The van der Waals surface area contributed by atoms with E-state index in [-0.39, 0.29) is 0 Å². The topological polar surface area (TPSA) is 12.5 Å². The van der Waals surface area contributed by atoms with Crippen LogP contribution >= 0.6 is 0 Å². The van der Waals surface area contributed by atoms with Crippen molar-refractivity contribution < 1.29 is 9.13 Å². The van der Waals surface area contributed by atoms with Crippen molar-refractivity contribution in [3.05, 3.63) is 0 Å². The van der Waals surface area contributed by atoms with Gasteiger partial charge in [-0.2, -0.15) is 0 Å². The van der Waals surface area contributed by atoms with Crippen LogP contribution in [-0.2, 0) is 4.74 Å². The van der Waals surface area contributed by atoms with Crippen molar-refractivity contribution in [3.8, 4) is 0 Å². The monoisotopic (exact) mass is 213 g/mol. The normalized spacial score (nSPS) is 44.0. The highest BCUT2D eigenvalue weighted by atomic mass is 19.1. The summed E-state index contributed by atoms with van der Waals surface area (Å²) in [7, 11) is 0. The number of hydrogen-bond acceptors (Lipinski definition) is 2. The van der Waals surface area contributed by atoms with Crippen LogP contribution in [0.25, 0.3) is 0 Å². The van der Waals surface area contributed by atoms with Gasteiger partial charge in [0.25, 0.3) is 0 Å². The summed E-state index contributed by atoms with van der Waals surface area (Å²) in [4.78, 5) is 2.33. The minimum atomic E-state index is -0.960. The van der Waals surface area contributed by atoms with E-state index in [1.807, 2.05) is 0 Å². The lowest BCUT2D eigenvalue weighted by Crippen LogP contribution is -2.43. The molecule has 0 bridgehead atoms. The van der Waals surface area contributed by atoms with Crippen LogP contribution in [0.15, 0.2) is 0 Å². The first-order chi connectivity index (χ1) is 7.18. The van der Waals surface area contributed by atoms with Crippen LogP contribution in [0, 0.1) is 17.8 Å². The van der Waals surface area contributed by atoms with Gasteiger partial charge in [0.05, 0.1) is 0 Å². The molecule has 0 N–H and O–H groups in total. The Morgan fingerprint density at radius 1 is 1.27 bits per heavy atom. The van der Waals surface area contributed by atoms with Crippen LogP contribution in [0.2, 0.25) is 0 Å². The lowest BCUT2D eigenvalue weighted by atomic mass is 9.96. The summed E-state index contributed by atoms with van der Waals surface area (Å²) >= 11 is 0. The first-order valence-electron chi connectivity index (χ1n) is 6.17. The van der Waals surface area contributed by atoms with Crippen molar-refractivity contribution in [1.82, 2.24) is 4.90 Å². The molecule has 1 aliphatic carbocycles. The van der Waals surface area contributed by atoms with Gasteiger partial charge in [0.1, 0.15) is 5.67 Å². The number of rotatable bonds is 2. The second-order valence-corrected chi connectivity index (χ2v) is 5.64. The number of likely N-dealkylation sites (tertiary alicyclic amines) is 1. The van der Waals surface area contributed by atoms with Crippen LogP contribution in [0.5, 0.6) is 0 Å². The molecule has 2 aliphatic heterocycles. The molecule has 1 saturated carbocycles. The van der Waals surface area contributed by atoms with Crippen molar-refractivity contribution in [3.63, 3.8) is 0 Å². The second kappa shape index (κ2) is 3.42. The molecular weight excluding hydrogens is 193 g/mol. The molecule has 2 unspecified atom stereocenters. The Balaban J connectivity index is 1.53. The van der Waals surface area contributed by atoms with Crippen molar-refractivity contribution in [2.75, 3.05) is 32.8 Å². The third-order valence-corrected chi connectivity index (χ3v) is 4.59. The first-order valence-corrected chi connectivity index (χ1v) is 6.17. The first kappa shape index (κ1) is 10.0. The number of piperidine rings is 1. The van der Waals surface area contributed by atoms with E-state index in [1.165, 1.54) is 0 Å². The minimum absolute atomic E-state index is 0.592. The molecule has 0 aromatic heterocycles. The predicted molar refractivity (Wildman–Crippen MR) is 56.5 cm³/mol. The molecule has 3 aliphatic rings. The van der Waals surface area contributed by atoms with Gasteiger partial charge in [-0.05, 0) is 17.8 Å². The second-order valence-electron chi connectivity index (χ2n) is 5.64. The van der Waals surface area contributed by atoms with Gasteiger partial charge < -0.3 is 4.74 Å². The molecule has 0 radical (unpaired) electrons. The van der Waals surface area contributed by atoms with Crippen LogP contribution in [0.3, 0.4) is 0 Å². The number of fused-ring (bicyclic) bond motifs is 1. The van der Waals surface area contributed by atoms with Gasteiger partial charge >= 0.3 is 0 Å². The van der Waals surface area contributed by atoms with Gasteiger partial charge in [-0.25, -0.2) is 4.39 Å². The maximum absolute atomic E-state index is 14.3. The SMILES string of the molecule is CC1C2CN(CC3(F)CCOCC3)CC12. The number of halogens is 1. The Morgan fingerprint density at radius 3 is 2.47 bits per heavy atom. The van der Waals surface area contributed by atoms with Gasteiger partial charge in [0, 0.05) is 45.7 Å². The van der Waals surface area contributed by atoms with Crippen LogP contribution in [0.1, 0.15) is 19.8 Å². The average Bonchev–Trinajstić information content (AvgIpc) is 2.62. The van der Waals surface area contributed by atoms with Gasteiger partial charge in [0.15, 0.2) is 0 Å². The minimum Gasteiger partial charge on any atom is -0.381 e. The summed E-state index contributed by atoms with van der Waals surface area (Å²) in [5.74, 6) is 2.67. The van der Waals surface area contributed by atoms with Gasteiger partial charge in [-0.15, -0.1) is 0 Å². The summed E-state index contributed by atoms with van der Waals surface area (Å²) in [6, 6.07) is 0. The van der Waals surface area contributed by atoms with E-state index in [9.17, 15) is 4.39 Å². The number of nitrogens with zero attached hydrogens (tertiary/aromatic N) is 1. The smallest absolute Gasteiger partial charge is 0.128 e. The Labute approximate surface area is 90.8 Å². The third-order valence-electron chi connectivity index (χ3n) is 4.59. The fraction of sp³-hybridized carbons (Fsp3) is 1.00. The lowest BCUT2D eigenvalue weighted by molar-refractivity contribution is -0.0257. The number of hydrogen-bond donors (Lipinski definition) is 0. The van der Waals surface area contributed by atoms with Gasteiger partial charge in [-0.1, -0.05) is 6.92 Å². The molecule has 2 saturated heterocycles. The Bertz CT molecular complexity index is 240. The zero-order chi connectivity index (χ0) is 10.5. The highest BCUT2D eigenvalue weighted by molar-refractivity contribution is 5.04. The number of ether oxygens (including phenoxy) is 1. The summed E-state index contributed by atoms with van der Waals surface area (Å²) in [5, 5.41) is 0. The van der Waals surface area contributed by atoms with Gasteiger partial charge in [-0.3, -0.25) is 4.90 Å². The zero-order valence-corrected chi connectivity index (χ0v) is 9.42. The summed E-state index contributed by atoms with van der Waals surface area (Å²) in [6.45, 7) is 6.46. The fourth-order valence-electron chi connectivity index (χ4n) is 3.34. The molecule has 3 fully saturated rings. The molecule has 0 aromatic carbocycles. The molecule has 3 heteroatoms. The molecule has 3 rings (SSSR count). The Hall–Kier alpha value is -0.150. The molecule has 0 amide bonds. The fourth-order valence-corrected chi connectivity index (χ4v) is 3.34. The molecule has 15 heavy (non-hydrogen) atoms. The molecule has 0 aromatic rings. The van der Waals surface area contributed by atoms with E-state index in [0.717, 1.165) is 30.8 Å². The molecule has 86 valence electrons. The van der Waals surface area contributed by atoms with Gasteiger partial charge in [0.2, 0.25) is 0 Å². The quantitative estimate of drug-likeness (QED) is 0.692. The van der Waals surface area contributed by atoms with Crippen molar-refractivity contribution >= 4 is 0 Å². The summed E-state index contributed by atoms with van der Waals surface area (Å²) in [6.07, 6.45) is 1.18. The maximum atomic E-state index is 14.3. The highest BCUT2D eigenvalue weighted by Crippen LogP contribution is 2.51. The molecule has 2 nitrogen and oxygen atoms in total. The maximum Gasteiger partial charge on any atom is 0.128 e. The van der Waals surface area contributed by atoms with E-state index in [1.54, 1.807) is 0 Å². The summed E-state index contributed by atoms with van der Waals surface area (Å²) < 4.78 is 19.6. The largest absolute Gasteiger partial charge is 0.381 e. The zero-order valence-electron chi connectivity index (χ0n) is 9.42. The Kier molecular flexibility index (Phi) is 2.29. The van der Waals surface area contributed by atoms with E-state index < -0.39 is 5.67 Å². The van der Waals surface area contributed by atoms with Crippen LogP contribution in [0.4, 0.5) is 4.39 Å². The molecule has 0 spiro atoms. The van der Waals surface area contributed by atoms with E-state index >= 15 is 0 Å². The van der Waals surface area contributed by atoms with Crippen molar-refractivity contribution in [2.45, 2.75) is 25.4 Å². The average molecular weight is 213 g/mol. The third kappa shape index (κ3) is 1.80. The van der Waals surface area contributed by atoms with Crippen LogP contribution in [-0.4, -0.2) is 43.4 Å². The Morgan fingerprint density at radius 2 is 1.87 bits per heavy atom. The van der Waals surface area contributed by atoms with E-state index in [2.05, 4.69) is 11.8 Å². The standard InChI is InChI=1S/C12H20FNO/c1-9-10-6-14(7-11(9)10)8-12(13)2-4-15-5-3-12/h9-11H,2-8H2,1H3. The predicted octanol–water partition coefficient (Wildman–Crippen LogP) is 1.70. The number of alkyl halides is 1.